The predicted molar refractivity (Wildman–Crippen MR) is 128 cm³/mol. The second-order valence-electron chi connectivity index (χ2n) is 8.34. The van der Waals surface area contributed by atoms with E-state index in [1.165, 1.54) is 25.0 Å². The van der Waals surface area contributed by atoms with Gasteiger partial charge in [0.1, 0.15) is 5.75 Å². The van der Waals surface area contributed by atoms with Crippen LogP contribution in [0.15, 0.2) is 53.4 Å². The molecular formula is C25H34N2O4S. The summed E-state index contributed by atoms with van der Waals surface area (Å²) in [7, 11) is -3.56. The standard InChI is InChI=1S/C25H34N2O4S/c1-2-3-4-10-19-31-24-14-9-8-13-23(24)25(28)26-20-15-17-22(18-16-20)32(29,30)27-21-11-6-5-7-12-21/h8-9,13-18,21,27H,2-7,10-12,19H2,1H3,(H,26,28). The van der Waals surface area contributed by atoms with E-state index in [2.05, 4.69) is 17.0 Å². The van der Waals surface area contributed by atoms with Crippen molar-refractivity contribution < 1.29 is 17.9 Å². The zero-order valence-corrected chi connectivity index (χ0v) is 19.6. The van der Waals surface area contributed by atoms with Gasteiger partial charge in [-0.1, -0.05) is 57.6 Å². The lowest BCUT2D eigenvalue weighted by Crippen LogP contribution is -2.36. The van der Waals surface area contributed by atoms with Crippen LogP contribution in [0.1, 0.15) is 75.1 Å². The third-order valence-electron chi connectivity index (χ3n) is 5.74. The van der Waals surface area contributed by atoms with Gasteiger partial charge in [0.05, 0.1) is 17.1 Å². The quantitative estimate of drug-likeness (QED) is 0.435. The Hall–Kier alpha value is -2.38. The zero-order chi connectivity index (χ0) is 22.8. The van der Waals surface area contributed by atoms with E-state index in [9.17, 15) is 13.2 Å². The summed E-state index contributed by atoms with van der Waals surface area (Å²) in [4.78, 5) is 13.0. The number of carbonyl (C=O) groups excluding carboxylic acids is 1. The van der Waals surface area contributed by atoms with E-state index < -0.39 is 10.0 Å². The van der Waals surface area contributed by atoms with Crippen LogP contribution in [0.4, 0.5) is 5.69 Å². The summed E-state index contributed by atoms with van der Waals surface area (Å²) in [5.74, 6) is 0.266. The Labute approximate surface area is 191 Å². The summed E-state index contributed by atoms with van der Waals surface area (Å²) in [5, 5.41) is 2.84. The van der Waals surface area contributed by atoms with Gasteiger partial charge in [-0.3, -0.25) is 4.79 Å². The lowest BCUT2D eigenvalue weighted by Gasteiger charge is -2.22. The van der Waals surface area contributed by atoms with E-state index in [1.807, 2.05) is 6.07 Å². The normalized spacial score (nSPS) is 14.8. The first-order valence-electron chi connectivity index (χ1n) is 11.6. The minimum absolute atomic E-state index is 0.00611. The van der Waals surface area contributed by atoms with Crippen LogP contribution in [0.25, 0.3) is 0 Å². The molecule has 0 saturated heterocycles. The average molecular weight is 459 g/mol. The Morgan fingerprint density at radius 2 is 1.69 bits per heavy atom. The first kappa shape index (κ1) is 24.3. The predicted octanol–water partition coefficient (Wildman–Crippen LogP) is 5.51. The Kier molecular flexibility index (Phi) is 9.11. The number of carbonyl (C=O) groups is 1. The maximum absolute atomic E-state index is 12.8. The van der Waals surface area contributed by atoms with Crippen LogP contribution in [0.5, 0.6) is 5.75 Å². The summed E-state index contributed by atoms with van der Waals surface area (Å²) in [5.41, 5.74) is 0.989. The monoisotopic (exact) mass is 458 g/mol. The van der Waals surface area contributed by atoms with Crippen molar-refractivity contribution in [1.82, 2.24) is 4.72 Å². The van der Waals surface area contributed by atoms with Gasteiger partial charge in [-0.25, -0.2) is 13.1 Å². The highest BCUT2D eigenvalue weighted by atomic mass is 32.2. The van der Waals surface area contributed by atoms with Crippen molar-refractivity contribution in [3.8, 4) is 5.75 Å². The fourth-order valence-corrected chi connectivity index (χ4v) is 5.22. The second kappa shape index (κ2) is 12.0. The Balaban J connectivity index is 1.60. The first-order valence-corrected chi connectivity index (χ1v) is 13.1. The Morgan fingerprint density at radius 3 is 2.41 bits per heavy atom. The van der Waals surface area contributed by atoms with E-state index in [-0.39, 0.29) is 16.8 Å². The minimum atomic E-state index is -3.56. The Morgan fingerprint density at radius 1 is 0.969 bits per heavy atom. The maximum atomic E-state index is 12.8. The molecule has 2 aromatic rings. The fourth-order valence-electron chi connectivity index (χ4n) is 3.91. The number of rotatable bonds is 11. The lowest BCUT2D eigenvalue weighted by atomic mass is 9.96. The van der Waals surface area contributed by atoms with Crippen molar-refractivity contribution in [2.24, 2.45) is 0 Å². The molecule has 2 aromatic carbocycles. The van der Waals surface area contributed by atoms with Gasteiger partial charge >= 0.3 is 0 Å². The molecule has 1 amide bonds. The number of para-hydroxylation sites is 1. The molecule has 0 aliphatic heterocycles. The molecule has 0 unspecified atom stereocenters. The van der Waals surface area contributed by atoms with Crippen molar-refractivity contribution in [2.75, 3.05) is 11.9 Å². The number of hydrogen-bond donors (Lipinski definition) is 2. The summed E-state index contributed by atoms with van der Waals surface area (Å²) in [6.45, 7) is 2.74. The van der Waals surface area contributed by atoms with Crippen LogP contribution >= 0.6 is 0 Å². The maximum Gasteiger partial charge on any atom is 0.259 e. The van der Waals surface area contributed by atoms with Gasteiger partial charge in [0, 0.05) is 11.7 Å². The molecule has 0 radical (unpaired) electrons. The summed E-state index contributed by atoms with van der Waals surface area (Å²) >= 11 is 0. The fraction of sp³-hybridized carbons (Fsp3) is 0.480. The third-order valence-corrected chi connectivity index (χ3v) is 7.27. The van der Waals surface area contributed by atoms with E-state index in [0.717, 1.165) is 44.9 Å². The molecule has 32 heavy (non-hydrogen) atoms. The van der Waals surface area contributed by atoms with Gasteiger partial charge in [0.15, 0.2) is 0 Å². The molecule has 1 aliphatic rings. The molecule has 6 nitrogen and oxygen atoms in total. The molecule has 0 spiro atoms. The van der Waals surface area contributed by atoms with Crippen LogP contribution in [-0.4, -0.2) is 27.0 Å². The van der Waals surface area contributed by atoms with Gasteiger partial charge in [-0.15, -0.1) is 0 Å². The van der Waals surface area contributed by atoms with Crippen LogP contribution in [0, 0.1) is 0 Å². The molecule has 1 aliphatic carbocycles. The highest BCUT2D eigenvalue weighted by Crippen LogP contribution is 2.23. The Bertz CT molecular complexity index is 968. The van der Waals surface area contributed by atoms with E-state index >= 15 is 0 Å². The molecule has 174 valence electrons. The molecule has 0 aromatic heterocycles. The SMILES string of the molecule is CCCCCCOc1ccccc1C(=O)Nc1ccc(S(=O)(=O)NC2CCCCC2)cc1. The highest BCUT2D eigenvalue weighted by molar-refractivity contribution is 7.89. The van der Waals surface area contributed by atoms with Gasteiger partial charge in [-0.05, 0) is 55.7 Å². The highest BCUT2D eigenvalue weighted by Gasteiger charge is 2.22. The molecule has 1 fully saturated rings. The zero-order valence-electron chi connectivity index (χ0n) is 18.8. The average Bonchev–Trinajstić information content (AvgIpc) is 2.80. The van der Waals surface area contributed by atoms with Gasteiger partial charge < -0.3 is 10.1 Å². The molecular weight excluding hydrogens is 424 g/mol. The van der Waals surface area contributed by atoms with Crippen molar-refractivity contribution in [3.05, 3.63) is 54.1 Å². The minimum Gasteiger partial charge on any atom is -0.493 e. The lowest BCUT2D eigenvalue weighted by molar-refractivity contribution is 0.102. The van der Waals surface area contributed by atoms with Crippen LogP contribution < -0.4 is 14.8 Å². The molecule has 1 saturated carbocycles. The third kappa shape index (κ3) is 7.07. The van der Waals surface area contributed by atoms with E-state index in [4.69, 9.17) is 4.74 Å². The smallest absolute Gasteiger partial charge is 0.259 e. The van der Waals surface area contributed by atoms with Gasteiger partial charge in [-0.2, -0.15) is 0 Å². The van der Waals surface area contributed by atoms with Gasteiger partial charge in [0.2, 0.25) is 10.0 Å². The molecule has 3 rings (SSSR count). The van der Waals surface area contributed by atoms with E-state index in [1.54, 1.807) is 30.3 Å². The second-order valence-corrected chi connectivity index (χ2v) is 10.1. The van der Waals surface area contributed by atoms with E-state index in [0.29, 0.717) is 23.6 Å². The topological polar surface area (TPSA) is 84.5 Å². The summed E-state index contributed by atoms with van der Waals surface area (Å²) in [6.07, 6.45) is 9.44. The first-order chi connectivity index (χ1) is 15.5. The molecule has 0 heterocycles. The number of anilines is 1. The number of nitrogens with one attached hydrogen (secondary N) is 2. The summed E-state index contributed by atoms with van der Waals surface area (Å²) < 4.78 is 33.9. The number of amides is 1. The molecule has 0 atom stereocenters. The van der Waals surface area contributed by atoms with Crippen molar-refractivity contribution in [1.29, 1.82) is 0 Å². The summed E-state index contributed by atoms with van der Waals surface area (Å²) in [6, 6.07) is 13.4. The number of hydrogen-bond acceptors (Lipinski definition) is 4. The molecule has 2 N–H and O–H groups in total. The van der Waals surface area contributed by atoms with Crippen molar-refractivity contribution >= 4 is 21.6 Å². The van der Waals surface area contributed by atoms with Crippen molar-refractivity contribution in [2.45, 2.75) is 75.6 Å². The molecule has 0 bridgehead atoms. The largest absolute Gasteiger partial charge is 0.493 e. The number of unbranched alkanes of at least 4 members (excludes halogenated alkanes) is 3. The van der Waals surface area contributed by atoms with Gasteiger partial charge in [0.25, 0.3) is 5.91 Å². The van der Waals surface area contributed by atoms with Crippen LogP contribution in [0.2, 0.25) is 0 Å². The number of benzene rings is 2. The number of sulfonamides is 1. The number of ether oxygens (including phenoxy) is 1. The molecule has 7 heteroatoms. The van der Waals surface area contributed by atoms with Crippen molar-refractivity contribution in [3.63, 3.8) is 0 Å². The van der Waals surface area contributed by atoms with Crippen LogP contribution in [-0.2, 0) is 10.0 Å². The van der Waals surface area contributed by atoms with Crippen LogP contribution in [0.3, 0.4) is 0 Å².